The number of nitrogens with zero attached hydrogens (tertiary/aromatic N) is 1. The zero-order chi connectivity index (χ0) is 9.52. The first-order valence-electron chi connectivity index (χ1n) is 3.87. The van der Waals surface area contributed by atoms with Crippen molar-refractivity contribution in [1.29, 1.82) is 0 Å². The van der Waals surface area contributed by atoms with E-state index in [2.05, 4.69) is 21.1 Å². The Balaban J connectivity index is 2.85. The molecule has 0 bridgehead atoms. The molecule has 0 spiro atoms. The highest BCUT2D eigenvalue weighted by Crippen LogP contribution is 2.05. The van der Waals surface area contributed by atoms with Crippen LogP contribution in [0.3, 0.4) is 0 Å². The van der Waals surface area contributed by atoms with Crippen LogP contribution in [-0.4, -0.2) is 16.8 Å². The molecule has 0 unspecified atom stereocenters. The molecule has 0 aliphatic rings. The van der Waals surface area contributed by atoms with Crippen LogP contribution in [0, 0.1) is 0 Å². The normalized spacial score (nSPS) is 11.5. The molecule has 0 heterocycles. The Morgan fingerprint density at radius 2 is 2.15 bits per heavy atom. The van der Waals surface area contributed by atoms with Crippen LogP contribution in [0.15, 0.2) is 35.5 Å². The zero-order valence-corrected chi connectivity index (χ0v) is 8.61. The largest absolute Gasteiger partial charge is 0.411 e. The third-order valence-corrected chi connectivity index (χ3v) is 1.89. The van der Waals surface area contributed by atoms with Crippen LogP contribution in [-0.2, 0) is 0 Å². The maximum absolute atomic E-state index is 8.33. The van der Waals surface area contributed by atoms with Gasteiger partial charge < -0.3 is 5.21 Å². The highest BCUT2D eigenvalue weighted by molar-refractivity contribution is 9.09. The fraction of sp³-hybridized carbons (Fsp3) is 0.100. The van der Waals surface area contributed by atoms with Crippen LogP contribution in [0.4, 0.5) is 0 Å². The minimum absolute atomic E-state index is 0.839. The Bertz CT molecular complexity index is 320. The second-order valence-corrected chi connectivity index (χ2v) is 3.12. The SMILES string of the molecule is ON=Cc1cccc(C=CCBr)c1. The summed E-state index contributed by atoms with van der Waals surface area (Å²) in [6.45, 7) is 0. The minimum Gasteiger partial charge on any atom is -0.411 e. The maximum atomic E-state index is 8.33. The Kier molecular flexibility index (Phi) is 4.26. The molecular formula is C10H10BrNO. The Morgan fingerprint density at radius 3 is 2.85 bits per heavy atom. The van der Waals surface area contributed by atoms with Gasteiger partial charge in [-0.3, -0.25) is 0 Å². The van der Waals surface area contributed by atoms with Crippen molar-refractivity contribution in [2.45, 2.75) is 0 Å². The Morgan fingerprint density at radius 1 is 1.38 bits per heavy atom. The van der Waals surface area contributed by atoms with Crippen LogP contribution < -0.4 is 0 Å². The molecule has 0 amide bonds. The van der Waals surface area contributed by atoms with E-state index in [1.807, 2.05) is 36.4 Å². The van der Waals surface area contributed by atoms with Crippen molar-refractivity contribution in [2.24, 2.45) is 5.16 Å². The molecule has 1 aromatic rings. The van der Waals surface area contributed by atoms with Gasteiger partial charge in [0.2, 0.25) is 0 Å². The van der Waals surface area contributed by atoms with Gasteiger partial charge in [-0.2, -0.15) is 0 Å². The van der Waals surface area contributed by atoms with Crippen molar-refractivity contribution < 1.29 is 5.21 Å². The lowest BCUT2D eigenvalue weighted by molar-refractivity contribution is 0.322. The topological polar surface area (TPSA) is 32.6 Å². The summed E-state index contributed by atoms with van der Waals surface area (Å²) in [7, 11) is 0. The number of hydrogen-bond donors (Lipinski definition) is 1. The van der Waals surface area contributed by atoms with E-state index < -0.39 is 0 Å². The number of rotatable bonds is 3. The second kappa shape index (κ2) is 5.54. The molecule has 1 aromatic carbocycles. The highest BCUT2D eigenvalue weighted by atomic mass is 79.9. The van der Waals surface area contributed by atoms with Gasteiger partial charge in [-0.15, -0.1) is 0 Å². The number of benzene rings is 1. The number of oxime groups is 1. The third kappa shape index (κ3) is 3.42. The molecule has 0 aliphatic carbocycles. The first-order chi connectivity index (χ1) is 6.36. The van der Waals surface area contributed by atoms with E-state index in [4.69, 9.17) is 5.21 Å². The molecule has 1 N–H and O–H groups in total. The standard InChI is InChI=1S/C10H10BrNO/c11-6-2-5-9-3-1-4-10(7-9)8-12-13/h1-5,7-8,13H,6H2. The smallest absolute Gasteiger partial charge is 0.0734 e. The van der Waals surface area contributed by atoms with Gasteiger partial charge in [0.05, 0.1) is 6.21 Å². The van der Waals surface area contributed by atoms with E-state index in [1.165, 1.54) is 6.21 Å². The average molecular weight is 240 g/mol. The molecule has 2 nitrogen and oxygen atoms in total. The highest BCUT2D eigenvalue weighted by Gasteiger charge is 1.89. The summed E-state index contributed by atoms with van der Waals surface area (Å²) in [6.07, 6.45) is 5.42. The van der Waals surface area contributed by atoms with Gasteiger partial charge in [0.15, 0.2) is 0 Å². The Hall–Kier alpha value is -1.09. The lowest BCUT2D eigenvalue weighted by Crippen LogP contribution is -1.81. The summed E-state index contributed by atoms with van der Waals surface area (Å²) in [6, 6.07) is 7.74. The van der Waals surface area contributed by atoms with Gasteiger partial charge in [-0.1, -0.05) is 51.4 Å². The van der Waals surface area contributed by atoms with Gasteiger partial charge in [-0.25, -0.2) is 0 Å². The van der Waals surface area contributed by atoms with Crippen molar-refractivity contribution >= 4 is 28.2 Å². The van der Waals surface area contributed by atoms with Crippen LogP contribution in [0.25, 0.3) is 6.08 Å². The summed E-state index contributed by atoms with van der Waals surface area (Å²) in [5.41, 5.74) is 1.98. The van der Waals surface area contributed by atoms with Crippen molar-refractivity contribution in [3.8, 4) is 0 Å². The van der Waals surface area contributed by atoms with Gasteiger partial charge in [0, 0.05) is 5.33 Å². The fourth-order valence-electron chi connectivity index (χ4n) is 0.990. The van der Waals surface area contributed by atoms with Crippen molar-refractivity contribution in [3.63, 3.8) is 0 Å². The van der Waals surface area contributed by atoms with E-state index in [9.17, 15) is 0 Å². The van der Waals surface area contributed by atoms with Gasteiger partial charge in [-0.05, 0) is 17.2 Å². The van der Waals surface area contributed by atoms with E-state index in [-0.39, 0.29) is 0 Å². The van der Waals surface area contributed by atoms with E-state index in [1.54, 1.807) is 0 Å². The maximum Gasteiger partial charge on any atom is 0.0734 e. The lowest BCUT2D eigenvalue weighted by atomic mass is 10.1. The number of allylic oxidation sites excluding steroid dienone is 1. The Labute approximate surface area is 85.7 Å². The monoisotopic (exact) mass is 239 g/mol. The van der Waals surface area contributed by atoms with Gasteiger partial charge >= 0.3 is 0 Å². The molecule has 3 heteroatoms. The van der Waals surface area contributed by atoms with Crippen molar-refractivity contribution in [1.82, 2.24) is 0 Å². The molecule has 1 rings (SSSR count). The van der Waals surface area contributed by atoms with Crippen molar-refractivity contribution in [3.05, 3.63) is 41.5 Å². The average Bonchev–Trinajstić information content (AvgIpc) is 2.16. The van der Waals surface area contributed by atoms with Gasteiger partial charge in [0.1, 0.15) is 0 Å². The van der Waals surface area contributed by atoms with Crippen LogP contribution in [0.2, 0.25) is 0 Å². The molecule has 0 saturated heterocycles. The molecule has 0 saturated carbocycles. The summed E-state index contributed by atoms with van der Waals surface area (Å²) < 4.78 is 0. The summed E-state index contributed by atoms with van der Waals surface area (Å²) >= 11 is 3.30. The molecule has 68 valence electrons. The van der Waals surface area contributed by atoms with Crippen LogP contribution in [0.1, 0.15) is 11.1 Å². The van der Waals surface area contributed by atoms with Crippen molar-refractivity contribution in [2.75, 3.05) is 5.33 Å². The molecule has 13 heavy (non-hydrogen) atoms. The van der Waals surface area contributed by atoms with Crippen LogP contribution in [0.5, 0.6) is 0 Å². The number of hydrogen-bond acceptors (Lipinski definition) is 2. The van der Waals surface area contributed by atoms with Gasteiger partial charge in [0.25, 0.3) is 0 Å². The first kappa shape index (κ1) is 9.99. The summed E-state index contributed by atoms with van der Waals surface area (Å²) in [4.78, 5) is 0. The zero-order valence-electron chi connectivity index (χ0n) is 7.02. The van der Waals surface area contributed by atoms with E-state index >= 15 is 0 Å². The molecular weight excluding hydrogens is 230 g/mol. The minimum atomic E-state index is 0.839. The molecule has 0 aliphatic heterocycles. The number of alkyl halides is 1. The summed E-state index contributed by atoms with van der Waals surface area (Å²) in [5.74, 6) is 0. The summed E-state index contributed by atoms with van der Waals surface area (Å²) in [5, 5.41) is 12.1. The first-order valence-corrected chi connectivity index (χ1v) is 4.99. The molecule has 0 atom stereocenters. The van der Waals surface area contributed by atoms with E-state index in [0.717, 1.165) is 16.5 Å². The second-order valence-electron chi connectivity index (χ2n) is 2.47. The molecule has 0 radical (unpaired) electrons. The quantitative estimate of drug-likeness (QED) is 0.374. The molecule has 0 fully saturated rings. The van der Waals surface area contributed by atoms with E-state index in [0.29, 0.717) is 0 Å². The lowest BCUT2D eigenvalue weighted by Gasteiger charge is -1.94. The number of halogens is 1. The van der Waals surface area contributed by atoms with Crippen LogP contribution >= 0.6 is 15.9 Å². The predicted molar refractivity (Wildman–Crippen MR) is 58.7 cm³/mol. The predicted octanol–water partition coefficient (Wildman–Crippen LogP) is 2.90. The molecule has 0 aromatic heterocycles. The fourth-order valence-corrected chi connectivity index (χ4v) is 1.18. The third-order valence-electron chi connectivity index (χ3n) is 1.52.